The van der Waals surface area contributed by atoms with E-state index in [1.807, 2.05) is 36.4 Å². The fourth-order valence-electron chi connectivity index (χ4n) is 4.34. The number of carbonyl (C=O) groups excluding carboxylic acids is 2. The van der Waals surface area contributed by atoms with E-state index >= 15 is 0 Å². The SMILES string of the molecule is Cn1ncc(CNC(=O)OCC2c3ccccc3-c3ccccc32)c1C(=O)N[C@H](CCO)C(=O)O. The number of aliphatic hydroxyl groups excluding tert-OH is 1. The molecule has 0 aliphatic heterocycles. The van der Waals surface area contributed by atoms with Crippen molar-refractivity contribution >= 4 is 18.0 Å². The van der Waals surface area contributed by atoms with Crippen LogP contribution in [0.1, 0.15) is 39.5 Å². The van der Waals surface area contributed by atoms with Crippen molar-refractivity contribution in [3.05, 3.63) is 77.1 Å². The third-order valence-corrected chi connectivity index (χ3v) is 6.02. The Morgan fingerprint density at radius 2 is 1.71 bits per heavy atom. The molecule has 1 aliphatic rings. The van der Waals surface area contributed by atoms with Crippen molar-refractivity contribution in [3.63, 3.8) is 0 Å². The molecule has 1 heterocycles. The Morgan fingerprint density at radius 3 is 2.31 bits per heavy atom. The molecule has 1 aromatic heterocycles. The Hall–Kier alpha value is -4.18. The number of carboxylic acids is 1. The fourth-order valence-corrected chi connectivity index (χ4v) is 4.34. The average molecular weight is 479 g/mol. The molecule has 10 nitrogen and oxygen atoms in total. The highest BCUT2D eigenvalue weighted by molar-refractivity contribution is 5.96. The Kier molecular flexibility index (Phi) is 7.11. The first-order valence-electron chi connectivity index (χ1n) is 11.1. The van der Waals surface area contributed by atoms with Crippen molar-refractivity contribution in [2.75, 3.05) is 13.2 Å². The zero-order valence-corrected chi connectivity index (χ0v) is 19.1. The Morgan fingerprint density at radius 1 is 1.09 bits per heavy atom. The van der Waals surface area contributed by atoms with Gasteiger partial charge < -0.3 is 25.6 Å². The van der Waals surface area contributed by atoms with Crippen molar-refractivity contribution in [3.8, 4) is 11.1 Å². The molecule has 35 heavy (non-hydrogen) atoms. The number of ether oxygens (including phenoxy) is 1. The maximum Gasteiger partial charge on any atom is 0.407 e. The van der Waals surface area contributed by atoms with Gasteiger partial charge >= 0.3 is 12.1 Å². The quantitative estimate of drug-likeness (QED) is 0.368. The Labute approximate surface area is 201 Å². The second kappa shape index (κ2) is 10.4. The molecule has 4 N–H and O–H groups in total. The highest BCUT2D eigenvalue weighted by Gasteiger charge is 2.29. The summed E-state index contributed by atoms with van der Waals surface area (Å²) in [6.07, 6.45) is 0.637. The van der Waals surface area contributed by atoms with Gasteiger partial charge in [0.25, 0.3) is 5.91 Å². The number of carboxylic acid groups (broad SMARTS) is 1. The number of aliphatic carboxylic acids is 1. The monoisotopic (exact) mass is 478 g/mol. The first-order valence-corrected chi connectivity index (χ1v) is 11.1. The number of amides is 2. The van der Waals surface area contributed by atoms with E-state index in [9.17, 15) is 19.5 Å². The molecule has 0 spiro atoms. The summed E-state index contributed by atoms with van der Waals surface area (Å²) in [7, 11) is 1.54. The molecule has 2 aromatic carbocycles. The molecule has 1 aliphatic carbocycles. The summed E-state index contributed by atoms with van der Waals surface area (Å²) in [5.74, 6) is -2.00. The largest absolute Gasteiger partial charge is 0.480 e. The summed E-state index contributed by atoms with van der Waals surface area (Å²) in [5, 5.41) is 27.3. The molecular formula is C25H26N4O6. The summed E-state index contributed by atoms with van der Waals surface area (Å²) in [5.41, 5.74) is 4.96. The smallest absolute Gasteiger partial charge is 0.407 e. The Balaban J connectivity index is 1.38. The zero-order chi connectivity index (χ0) is 24.9. The van der Waals surface area contributed by atoms with Gasteiger partial charge in [0.05, 0.1) is 12.7 Å². The number of hydrogen-bond donors (Lipinski definition) is 4. The maximum atomic E-state index is 12.7. The van der Waals surface area contributed by atoms with E-state index in [1.54, 1.807) is 0 Å². The number of fused-ring (bicyclic) bond motifs is 3. The molecule has 3 aromatic rings. The van der Waals surface area contributed by atoms with Gasteiger partial charge in [0.1, 0.15) is 18.3 Å². The van der Waals surface area contributed by atoms with E-state index in [1.165, 1.54) is 17.9 Å². The summed E-state index contributed by atoms with van der Waals surface area (Å²) in [4.78, 5) is 36.4. The minimum Gasteiger partial charge on any atom is -0.480 e. The molecule has 0 radical (unpaired) electrons. The number of nitrogens with zero attached hydrogens (tertiary/aromatic N) is 2. The molecule has 2 amide bonds. The summed E-state index contributed by atoms with van der Waals surface area (Å²) in [6.45, 7) is -0.272. The molecule has 0 saturated heterocycles. The number of carbonyl (C=O) groups is 3. The number of aliphatic hydroxyl groups is 1. The van der Waals surface area contributed by atoms with Crippen LogP contribution in [-0.2, 0) is 23.1 Å². The number of nitrogens with one attached hydrogen (secondary N) is 2. The molecule has 4 rings (SSSR count). The van der Waals surface area contributed by atoms with Crippen LogP contribution in [0.15, 0.2) is 54.7 Å². The topological polar surface area (TPSA) is 143 Å². The minimum absolute atomic E-state index is 0.0367. The van der Waals surface area contributed by atoms with Gasteiger partial charge in [-0.25, -0.2) is 9.59 Å². The van der Waals surface area contributed by atoms with E-state index in [0.717, 1.165) is 22.3 Å². The Bertz CT molecular complexity index is 1210. The third-order valence-electron chi connectivity index (χ3n) is 6.02. The number of aryl methyl sites for hydroxylation is 1. The minimum atomic E-state index is -1.26. The average Bonchev–Trinajstić information content (AvgIpc) is 3.38. The molecule has 182 valence electrons. The first-order chi connectivity index (χ1) is 16.9. The lowest BCUT2D eigenvalue weighted by Crippen LogP contribution is -2.42. The van der Waals surface area contributed by atoms with Gasteiger partial charge in [-0.3, -0.25) is 9.48 Å². The summed E-state index contributed by atoms with van der Waals surface area (Å²) in [6, 6.07) is 14.8. The number of rotatable bonds is 9. The van der Waals surface area contributed by atoms with Gasteiger partial charge in [0.15, 0.2) is 0 Å². The van der Waals surface area contributed by atoms with Crippen molar-refractivity contribution in [2.45, 2.75) is 24.9 Å². The van der Waals surface area contributed by atoms with Crippen LogP contribution >= 0.6 is 0 Å². The molecule has 0 saturated carbocycles. The van der Waals surface area contributed by atoms with Gasteiger partial charge in [-0.05, 0) is 22.3 Å². The molecule has 10 heteroatoms. The third kappa shape index (κ3) is 5.02. The van der Waals surface area contributed by atoms with E-state index in [4.69, 9.17) is 9.84 Å². The van der Waals surface area contributed by atoms with Gasteiger partial charge in [-0.15, -0.1) is 0 Å². The maximum absolute atomic E-state index is 12.7. The van der Waals surface area contributed by atoms with Crippen LogP contribution in [0.5, 0.6) is 0 Å². The van der Waals surface area contributed by atoms with Gasteiger partial charge in [-0.2, -0.15) is 5.10 Å². The second-order valence-corrected chi connectivity index (χ2v) is 8.20. The predicted octanol–water partition coefficient (Wildman–Crippen LogP) is 2.02. The van der Waals surface area contributed by atoms with Crippen LogP contribution in [-0.4, -0.2) is 57.2 Å². The molecule has 0 bridgehead atoms. The van der Waals surface area contributed by atoms with Gasteiger partial charge in [0.2, 0.25) is 0 Å². The summed E-state index contributed by atoms with van der Waals surface area (Å²) >= 11 is 0. The first kappa shape index (κ1) is 24.0. The summed E-state index contributed by atoms with van der Waals surface area (Å²) < 4.78 is 6.81. The van der Waals surface area contributed by atoms with E-state index in [-0.39, 0.29) is 31.2 Å². The standard InChI is InChI=1S/C25H26N4O6/c1-29-22(23(31)28-21(10-11-30)24(32)33)15(13-27-29)12-26-25(34)35-14-20-18-8-4-2-6-16(18)17-7-3-5-9-19(17)20/h2-9,13,20-21,30H,10-12,14H2,1H3,(H,26,34)(H,28,31)(H,32,33)/t21-/m1/s1. The van der Waals surface area contributed by atoms with E-state index in [0.29, 0.717) is 5.56 Å². The molecule has 0 unspecified atom stereocenters. The number of benzene rings is 2. The van der Waals surface area contributed by atoms with Crippen LogP contribution in [0.4, 0.5) is 4.79 Å². The second-order valence-electron chi connectivity index (χ2n) is 8.20. The van der Waals surface area contributed by atoms with Crippen LogP contribution in [0.2, 0.25) is 0 Å². The van der Waals surface area contributed by atoms with E-state index < -0.39 is 30.6 Å². The lowest BCUT2D eigenvalue weighted by molar-refractivity contribution is -0.139. The van der Waals surface area contributed by atoms with Crippen LogP contribution in [0, 0.1) is 0 Å². The lowest BCUT2D eigenvalue weighted by Gasteiger charge is -2.15. The van der Waals surface area contributed by atoms with Crippen LogP contribution in [0.3, 0.4) is 0 Å². The number of alkyl carbamates (subject to hydrolysis) is 1. The number of hydrogen-bond acceptors (Lipinski definition) is 6. The molecule has 1 atom stereocenters. The lowest BCUT2D eigenvalue weighted by atomic mass is 9.98. The van der Waals surface area contributed by atoms with Crippen molar-refractivity contribution in [2.24, 2.45) is 7.05 Å². The fraction of sp³-hybridized carbons (Fsp3) is 0.280. The van der Waals surface area contributed by atoms with Crippen molar-refractivity contribution < 1.29 is 29.3 Å². The molecular weight excluding hydrogens is 452 g/mol. The number of aromatic nitrogens is 2. The van der Waals surface area contributed by atoms with Gasteiger partial charge in [-0.1, -0.05) is 48.5 Å². The highest BCUT2D eigenvalue weighted by atomic mass is 16.5. The van der Waals surface area contributed by atoms with Crippen LogP contribution < -0.4 is 10.6 Å². The van der Waals surface area contributed by atoms with E-state index in [2.05, 4.69) is 27.9 Å². The normalized spacial score (nSPS) is 13.0. The van der Waals surface area contributed by atoms with Crippen LogP contribution in [0.25, 0.3) is 11.1 Å². The van der Waals surface area contributed by atoms with Gasteiger partial charge in [0, 0.05) is 31.6 Å². The highest BCUT2D eigenvalue weighted by Crippen LogP contribution is 2.44. The van der Waals surface area contributed by atoms with Crippen molar-refractivity contribution in [1.82, 2.24) is 20.4 Å². The van der Waals surface area contributed by atoms with Crippen molar-refractivity contribution in [1.29, 1.82) is 0 Å². The zero-order valence-electron chi connectivity index (χ0n) is 19.1. The predicted molar refractivity (Wildman–Crippen MR) is 126 cm³/mol. The molecule has 0 fully saturated rings.